The van der Waals surface area contributed by atoms with Crippen LogP contribution in [-0.4, -0.2) is 38.3 Å². The van der Waals surface area contributed by atoms with Gasteiger partial charge in [-0.15, -0.1) is 0 Å². The first-order valence-corrected chi connectivity index (χ1v) is 11.4. The first-order valence-electron chi connectivity index (χ1n) is 9.96. The van der Waals surface area contributed by atoms with Crippen LogP contribution in [0.25, 0.3) is 0 Å². The molecule has 29 heavy (non-hydrogen) atoms. The van der Waals surface area contributed by atoms with E-state index in [1.807, 2.05) is 24.3 Å². The molecule has 1 saturated carbocycles. The van der Waals surface area contributed by atoms with Crippen molar-refractivity contribution in [2.75, 3.05) is 18.6 Å². The van der Waals surface area contributed by atoms with Gasteiger partial charge in [0, 0.05) is 31.7 Å². The normalized spacial score (nSPS) is 16.6. The van der Waals surface area contributed by atoms with Gasteiger partial charge in [0.15, 0.2) is 0 Å². The van der Waals surface area contributed by atoms with Crippen molar-refractivity contribution < 1.29 is 17.9 Å². The number of rotatable bonds is 6. The van der Waals surface area contributed by atoms with Gasteiger partial charge < -0.3 is 9.64 Å². The van der Waals surface area contributed by atoms with Crippen LogP contribution in [0, 0.1) is 0 Å². The zero-order valence-electron chi connectivity index (χ0n) is 16.8. The average Bonchev–Trinajstić information content (AvgIpc) is 3.56. The number of aryl methyl sites for hydroxylation is 1. The summed E-state index contributed by atoms with van der Waals surface area (Å²) >= 11 is 0. The SMILES string of the molecule is COc1ccc(CN(C2CC2)S(=O)(=O)c2ccc3c(c2)CCCN3C(C)=O)cc1. The number of amides is 1. The number of nitrogens with zero attached hydrogens (tertiary/aromatic N) is 2. The van der Waals surface area contributed by atoms with Crippen molar-refractivity contribution in [3.63, 3.8) is 0 Å². The second kappa shape index (κ2) is 7.80. The van der Waals surface area contributed by atoms with Gasteiger partial charge in [-0.1, -0.05) is 12.1 Å². The molecular weight excluding hydrogens is 388 g/mol. The Balaban J connectivity index is 1.64. The number of fused-ring (bicyclic) bond motifs is 1. The van der Waals surface area contributed by atoms with E-state index in [-0.39, 0.29) is 11.9 Å². The molecule has 0 atom stereocenters. The molecule has 1 aliphatic carbocycles. The average molecular weight is 415 g/mol. The lowest BCUT2D eigenvalue weighted by atomic mass is 10.0. The molecular formula is C22H26N2O4S. The monoisotopic (exact) mass is 414 g/mol. The molecule has 0 spiro atoms. The van der Waals surface area contributed by atoms with Crippen molar-refractivity contribution in [1.29, 1.82) is 0 Å². The van der Waals surface area contributed by atoms with Crippen molar-refractivity contribution in [3.8, 4) is 5.75 Å². The van der Waals surface area contributed by atoms with Crippen LogP contribution >= 0.6 is 0 Å². The Labute approximate surface area is 172 Å². The number of ether oxygens (including phenoxy) is 1. The molecule has 0 radical (unpaired) electrons. The number of anilines is 1. The number of carbonyl (C=O) groups is 1. The lowest BCUT2D eigenvalue weighted by Gasteiger charge is -2.29. The first kappa shape index (κ1) is 19.9. The number of methoxy groups -OCH3 is 1. The van der Waals surface area contributed by atoms with Gasteiger partial charge in [-0.25, -0.2) is 8.42 Å². The Bertz CT molecular complexity index is 1010. The molecule has 2 aliphatic rings. The van der Waals surface area contributed by atoms with Crippen LogP contribution in [-0.2, 0) is 27.8 Å². The summed E-state index contributed by atoms with van der Waals surface area (Å²) in [7, 11) is -2.01. The number of sulfonamides is 1. The number of benzene rings is 2. The molecule has 2 aromatic carbocycles. The number of hydrogen-bond donors (Lipinski definition) is 0. The molecule has 0 bridgehead atoms. The second-order valence-electron chi connectivity index (χ2n) is 7.69. The van der Waals surface area contributed by atoms with E-state index in [2.05, 4.69) is 0 Å². The van der Waals surface area contributed by atoms with Crippen LogP contribution in [0.1, 0.15) is 37.3 Å². The summed E-state index contributed by atoms with van der Waals surface area (Å²) in [5.74, 6) is 0.736. The van der Waals surface area contributed by atoms with Crippen LogP contribution in [0.2, 0.25) is 0 Å². The topological polar surface area (TPSA) is 66.9 Å². The van der Waals surface area contributed by atoms with E-state index in [0.29, 0.717) is 18.0 Å². The maximum absolute atomic E-state index is 13.5. The Hall–Kier alpha value is -2.38. The maximum atomic E-state index is 13.5. The number of carbonyl (C=O) groups excluding carboxylic acids is 1. The Morgan fingerprint density at radius 2 is 1.90 bits per heavy atom. The molecule has 0 saturated heterocycles. The van der Waals surface area contributed by atoms with Crippen molar-refractivity contribution in [2.45, 2.75) is 50.1 Å². The summed E-state index contributed by atoms with van der Waals surface area (Å²) in [5.41, 5.74) is 2.69. The summed E-state index contributed by atoms with van der Waals surface area (Å²) in [6, 6.07) is 12.7. The Morgan fingerprint density at radius 3 is 2.52 bits per heavy atom. The Kier molecular flexibility index (Phi) is 5.36. The van der Waals surface area contributed by atoms with Gasteiger partial charge in [0.25, 0.3) is 0 Å². The third-order valence-electron chi connectivity index (χ3n) is 5.61. The summed E-state index contributed by atoms with van der Waals surface area (Å²) < 4.78 is 33.7. The van der Waals surface area contributed by atoms with Crippen molar-refractivity contribution in [3.05, 3.63) is 53.6 Å². The first-order chi connectivity index (χ1) is 13.9. The molecule has 6 nitrogen and oxygen atoms in total. The van der Waals surface area contributed by atoms with Crippen molar-refractivity contribution in [1.82, 2.24) is 4.31 Å². The highest BCUT2D eigenvalue weighted by atomic mass is 32.2. The van der Waals surface area contributed by atoms with Gasteiger partial charge >= 0.3 is 0 Å². The van der Waals surface area contributed by atoms with Crippen LogP contribution < -0.4 is 9.64 Å². The molecule has 0 N–H and O–H groups in total. The second-order valence-corrected chi connectivity index (χ2v) is 9.58. The molecule has 1 amide bonds. The maximum Gasteiger partial charge on any atom is 0.243 e. The quantitative estimate of drug-likeness (QED) is 0.727. The highest BCUT2D eigenvalue weighted by molar-refractivity contribution is 7.89. The predicted octanol–water partition coefficient (Wildman–Crippen LogP) is 3.35. The lowest BCUT2D eigenvalue weighted by Crippen LogP contribution is -2.35. The summed E-state index contributed by atoms with van der Waals surface area (Å²) in [6.45, 7) is 2.57. The number of hydrogen-bond acceptors (Lipinski definition) is 4. The molecule has 154 valence electrons. The largest absolute Gasteiger partial charge is 0.497 e. The smallest absolute Gasteiger partial charge is 0.243 e. The molecule has 7 heteroatoms. The van der Waals surface area contributed by atoms with Crippen LogP contribution in [0.3, 0.4) is 0 Å². The minimum absolute atomic E-state index is 0.0133. The van der Waals surface area contributed by atoms with Crippen LogP contribution in [0.5, 0.6) is 5.75 Å². The lowest BCUT2D eigenvalue weighted by molar-refractivity contribution is -0.116. The fraction of sp³-hybridized carbons (Fsp3) is 0.409. The molecule has 0 aromatic heterocycles. The van der Waals surface area contributed by atoms with Gasteiger partial charge in [0.1, 0.15) is 5.75 Å². The molecule has 0 unspecified atom stereocenters. The summed E-state index contributed by atoms with van der Waals surface area (Å²) in [5, 5.41) is 0. The van der Waals surface area contributed by atoms with Crippen LogP contribution in [0.15, 0.2) is 47.4 Å². The standard InChI is InChI=1S/C22H26N2O4S/c1-16(25)23-13-3-4-18-14-21(11-12-22(18)23)29(26,27)24(19-7-8-19)15-17-5-9-20(28-2)10-6-17/h5-6,9-12,14,19H,3-4,7-8,13,15H2,1-2H3. The summed E-state index contributed by atoms with van der Waals surface area (Å²) in [6.07, 6.45) is 3.40. The van der Waals surface area contributed by atoms with Gasteiger partial charge in [-0.3, -0.25) is 4.79 Å². The van der Waals surface area contributed by atoms with Gasteiger partial charge in [0.05, 0.1) is 12.0 Å². The van der Waals surface area contributed by atoms with E-state index in [1.54, 1.807) is 41.4 Å². The van der Waals surface area contributed by atoms with E-state index in [0.717, 1.165) is 48.2 Å². The Morgan fingerprint density at radius 1 is 1.17 bits per heavy atom. The zero-order valence-corrected chi connectivity index (χ0v) is 17.6. The molecule has 4 rings (SSSR count). The van der Waals surface area contributed by atoms with E-state index in [1.165, 1.54) is 0 Å². The molecule has 2 aromatic rings. The van der Waals surface area contributed by atoms with E-state index in [4.69, 9.17) is 4.74 Å². The fourth-order valence-corrected chi connectivity index (χ4v) is 5.60. The van der Waals surface area contributed by atoms with E-state index >= 15 is 0 Å². The minimum Gasteiger partial charge on any atom is -0.497 e. The van der Waals surface area contributed by atoms with Gasteiger partial charge in [-0.05, 0) is 67.1 Å². The third-order valence-corrected chi connectivity index (χ3v) is 7.50. The molecule has 1 fully saturated rings. The van der Waals surface area contributed by atoms with E-state index in [9.17, 15) is 13.2 Å². The highest BCUT2D eigenvalue weighted by Gasteiger charge is 2.38. The van der Waals surface area contributed by atoms with Crippen molar-refractivity contribution in [2.24, 2.45) is 0 Å². The fourth-order valence-electron chi connectivity index (χ4n) is 3.88. The highest BCUT2D eigenvalue weighted by Crippen LogP contribution is 2.36. The zero-order chi connectivity index (χ0) is 20.6. The van der Waals surface area contributed by atoms with Gasteiger partial charge in [-0.2, -0.15) is 4.31 Å². The van der Waals surface area contributed by atoms with Crippen molar-refractivity contribution >= 4 is 21.6 Å². The third kappa shape index (κ3) is 4.02. The van der Waals surface area contributed by atoms with Crippen LogP contribution in [0.4, 0.5) is 5.69 Å². The molecule has 1 heterocycles. The molecule has 1 aliphatic heterocycles. The summed E-state index contributed by atoms with van der Waals surface area (Å²) in [4.78, 5) is 13.9. The van der Waals surface area contributed by atoms with Gasteiger partial charge in [0.2, 0.25) is 15.9 Å². The predicted molar refractivity (Wildman–Crippen MR) is 112 cm³/mol. The minimum atomic E-state index is -3.62. The van der Waals surface area contributed by atoms with E-state index < -0.39 is 10.0 Å².